The van der Waals surface area contributed by atoms with Gasteiger partial charge in [0.2, 0.25) is 0 Å². The molecule has 1 aliphatic heterocycles. The van der Waals surface area contributed by atoms with Crippen LogP contribution in [0.4, 0.5) is 0 Å². The molecule has 0 N–H and O–H groups in total. The third-order valence-corrected chi connectivity index (χ3v) is 17.4. The lowest BCUT2D eigenvalue weighted by molar-refractivity contribution is -0.142. The molecule has 1 aliphatic carbocycles. The van der Waals surface area contributed by atoms with Crippen LogP contribution in [0.15, 0.2) is 60.7 Å². The molecule has 0 amide bonds. The number of benzene rings is 2. The van der Waals surface area contributed by atoms with E-state index >= 15 is 0 Å². The first-order valence-electron chi connectivity index (χ1n) is 13.2. The van der Waals surface area contributed by atoms with Gasteiger partial charge in [0.25, 0.3) is 0 Å². The second-order valence-corrected chi connectivity index (χ2v) is 21.5. The lowest BCUT2D eigenvalue weighted by Gasteiger charge is -2.51. The maximum atomic E-state index is 13.2. The molecule has 0 aromatic heterocycles. The zero-order valence-corrected chi connectivity index (χ0v) is 25.8. The van der Waals surface area contributed by atoms with E-state index in [1.807, 2.05) is 0 Å². The molecule has 6 heteroatoms. The van der Waals surface area contributed by atoms with Crippen LogP contribution >= 0.6 is 8.22 Å². The number of ether oxygens (including phenoxy) is 1. The summed E-state index contributed by atoms with van der Waals surface area (Å²) in [6, 6.07) is 22.5. The van der Waals surface area contributed by atoms with Crippen LogP contribution in [-0.2, 0) is 9.53 Å². The Morgan fingerprint density at radius 2 is 1.22 bits per heavy atom. The average Bonchev–Trinajstić information content (AvgIpc) is 3.45. The molecule has 0 spiro atoms. The van der Waals surface area contributed by atoms with Crippen molar-refractivity contribution >= 4 is 22.3 Å². The topological polar surface area (TPSA) is 32.8 Å². The van der Waals surface area contributed by atoms with E-state index in [0.29, 0.717) is 0 Å². The van der Waals surface area contributed by atoms with Gasteiger partial charge in [0.15, 0.2) is 0 Å². The van der Waals surface area contributed by atoms with Gasteiger partial charge in [-0.05, 0) is 59.1 Å². The fourth-order valence-corrected chi connectivity index (χ4v) is 15.2. The summed E-state index contributed by atoms with van der Waals surface area (Å²) in [5.74, 6) is -0.0528. The molecule has 2 aliphatic rings. The number of hydrogen-bond donors (Lipinski definition) is 0. The molecule has 0 radical (unpaired) electrons. The number of carbonyl (C=O) groups excluding carboxylic acids is 1. The summed E-state index contributed by atoms with van der Waals surface area (Å²) in [6.45, 7) is 21.6. The molecule has 1 heterocycles. The summed E-state index contributed by atoms with van der Waals surface area (Å²) in [4.78, 5) is 13.2. The van der Waals surface area contributed by atoms with Gasteiger partial charge in [-0.25, -0.2) is 0 Å². The van der Waals surface area contributed by atoms with Crippen LogP contribution in [0, 0.1) is 5.92 Å². The number of esters is 1. The van der Waals surface area contributed by atoms with Gasteiger partial charge in [0.1, 0.15) is 0 Å². The third-order valence-electron chi connectivity index (χ3n) is 7.96. The second-order valence-electron chi connectivity index (χ2n) is 13.5. The van der Waals surface area contributed by atoms with Gasteiger partial charge in [-0.2, -0.15) is 0 Å². The van der Waals surface area contributed by atoms with E-state index in [2.05, 4.69) is 131 Å². The highest BCUT2D eigenvalue weighted by Crippen LogP contribution is 2.82. The van der Waals surface area contributed by atoms with E-state index in [1.165, 1.54) is 11.1 Å². The Kier molecular flexibility index (Phi) is 7.14. The molecule has 0 unspecified atom stereocenters. The standard InChI is InChI=1S/C30H45N2O2PSi/c1-28(2,3)31-25(22-17-13-11-14-18-22)26(23-19-15-12-16-20-23)32(29(4,5)6)35(31)30(36(8,9)10)21-24(30)27(33)34-7/h11-20,24-26H,21H2,1-10H3/t24-,25+,26+,30+/m1/s1. The largest absolute Gasteiger partial charge is 0.469 e. The molecule has 2 aromatic carbocycles. The minimum Gasteiger partial charge on any atom is -0.469 e. The number of methoxy groups -OCH3 is 1. The van der Waals surface area contributed by atoms with E-state index in [9.17, 15) is 4.79 Å². The predicted molar refractivity (Wildman–Crippen MR) is 155 cm³/mol. The lowest BCUT2D eigenvalue weighted by Crippen LogP contribution is -2.51. The Morgan fingerprint density at radius 1 is 0.833 bits per heavy atom. The van der Waals surface area contributed by atoms with Crippen molar-refractivity contribution in [3.63, 3.8) is 0 Å². The second kappa shape index (κ2) is 9.34. The maximum absolute atomic E-state index is 13.2. The predicted octanol–water partition coefficient (Wildman–Crippen LogP) is 7.80. The SMILES string of the molecule is COC(=O)[C@H]1C[C@]1(P1N(C(C)(C)C)[C@@H](c2ccccc2)[C@H](c2ccccc2)N1C(C)(C)C)[Si](C)(C)C. The van der Waals surface area contributed by atoms with Crippen molar-refractivity contribution in [3.8, 4) is 0 Å². The van der Waals surface area contributed by atoms with Gasteiger partial charge in [0.05, 0.1) is 33.2 Å². The zero-order valence-electron chi connectivity index (χ0n) is 23.9. The monoisotopic (exact) mass is 524 g/mol. The molecule has 196 valence electrons. The van der Waals surface area contributed by atoms with Crippen LogP contribution in [0.25, 0.3) is 0 Å². The van der Waals surface area contributed by atoms with Crippen molar-refractivity contribution in [1.82, 2.24) is 9.34 Å². The van der Waals surface area contributed by atoms with E-state index in [4.69, 9.17) is 4.74 Å². The summed E-state index contributed by atoms with van der Waals surface area (Å²) >= 11 is 0. The van der Waals surface area contributed by atoms with Crippen molar-refractivity contribution in [2.45, 2.75) is 95.5 Å². The van der Waals surface area contributed by atoms with Gasteiger partial charge in [-0.15, -0.1) is 0 Å². The number of carbonyl (C=O) groups is 1. The highest BCUT2D eigenvalue weighted by molar-refractivity contribution is 7.59. The Labute approximate surface area is 221 Å². The molecular formula is C30H45N2O2PSi. The Balaban J connectivity index is 2.05. The van der Waals surface area contributed by atoms with E-state index < -0.39 is 16.3 Å². The Bertz CT molecular complexity index is 1010. The fraction of sp³-hybridized carbons (Fsp3) is 0.567. The minimum absolute atomic E-state index is 0.0259. The maximum Gasteiger partial charge on any atom is 0.309 e. The average molecular weight is 525 g/mol. The number of rotatable bonds is 5. The summed E-state index contributed by atoms with van der Waals surface area (Å²) in [6.07, 6.45) is 0.934. The third kappa shape index (κ3) is 4.51. The normalized spacial score (nSPS) is 28.3. The quantitative estimate of drug-likeness (QED) is 0.227. The molecule has 1 saturated carbocycles. The van der Waals surface area contributed by atoms with Crippen LogP contribution in [0.2, 0.25) is 19.6 Å². The highest BCUT2D eigenvalue weighted by atomic mass is 31.1. The fourth-order valence-electron chi connectivity index (χ4n) is 6.36. The first-order chi connectivity index (χ1) is 16.7. The minimum atomic E-state index is -1.84. The van der Waals surface area contributed by atoms with Crippen LogP contribution in [0.3, 0.4) is 0 Å². The summed E-state index contributed by atoms with van der Waals surface area (Å²) in [7, 11) is -1.13. The lowest BCUT2D eigenvalue weighted by atomic mass is 9.89. The zero-order chi connectivity index (χ0) is 26.7. The van der Waals surface area contributed by atoms with Crippen LogP contribution in [0.1, 0.15) is 71.2 Å². The summed E-state index contributed by atoms with van der Waals surface area (Å²) in [5.41, 5.74) is 2.52. The van der Waals surface area contributed by atoms with Crippen molar-refractivity contribution in [3.05, 3.63) is 71.8 Å². The van der Waals surface area contributed by atoms with Gasteiger partial charge in [-0.3, -0.25) is 14.1 Å². The van der Waals surface area contributed by atoms with E-state index in [0.717, 1.165) is 6.42 Å². The Morgan fingerprint density at radius 3 is 1.53 bits per heavy atom. The number of nitrogens with zero attached hydrogens (tertiary/aromatic N) is 2. The highest BCUT2D eigenvalue weighted by Gasteiger charge is 2.76. The molecule has 0 bridgehead atoms. The molecule has 4 atom stereocenters. The number of hydrogen-bond acceptors (Lipinski definition) is 4. The molecule has 36 heavy (non-hydrogen) atoms. The van der Waals surface area contributed by atoms with Crippen LogP contribution in [0.5, 0.6) is 0 Å². The van der Waals surface area contributed by atoms with Crippen LogP contribution in [-0.4, -0.2) is 46.4 Å². The van der Waals surface area contributed by atoms with Gasteiger partial charge in [-0.1, -0.05) is 80.3 Å². The first-order valence-corrected chi connectivity index (χ1v) is 18.0. The molecule has 2 fully saturated rings. The van der Waals surface area contributed by atoms with E-state index in [1.54, 1.807) is 7.11 Å². The van der Waals surface area contributed by atoms with Crippen molar-refractivity contribution in [2.24, 2.45) is 5.92 Å². The Hall–Kier alpha value is -1.52. The first kappa shape index (κ1) is 27.5. The molecule has 4 rings (SSSR count). The van der Waals surface area contributed by atoms with Gasteiger partial charge >= 0.3 is 5.97 Å². The molecule has 2 aromatic rings. The summed E-state index contributed by atoms with van der Waals surface area (Å²) in [5, 5.41) is 0. The van der Waals surface area contributed by atoms with Gasteiger partial charge in [0, 0.05) is 24.1 Å². The van der Waals surface area contributed by atoms with Crippen molar-refractivity contribution in [2.75, 3.05) is 7.11 Å². The van der Waals surface area contributed by atoms with Crippen molar-refractivity contribution in [1.29, 1.82) is 0 Å². The van der Waals surface area contributed by atoms with Gasteiger partial charge < -0.3 is 4.74 Å². The molecular weight excluding hydrogens is 479 g/mol. The van der Waals surface area contributed by atoms with Crippen molar-refractivity contribution < 1.29 is 9.53 Å². The smallest absolute Gasteiger partial charge is 0.309 e. The van der Waals surface area contributed by atoms with E-state index in [-0.39, 0.29) is 39.8 Å². The summed E-state index contributed by atoms with van der Waals surface area (Å²) < 4.78 is 11.0. The molecule has 4 nitrogen and oxygen atoms in total. The van der Waals surface area contributed by atoms with Crippen LogP contribution < -0.4 is 0 Å². The molecule has 1 saturated heterocycles.